The van der Waals surface area contributed by atoms with Crippen molar-refractivity contribution in [3.63, 3.8) is 0 Å². The number of rotatable bonds is 7. The van der Waals surface area contributed by atoms with Crippen LogP contribution < -0.4 is 5.32 Å². The van der Waals surface area contributed by atoms with Crippen LogP contribution in [0.3, 0.4) is 0 Å². The van der Waals surface area contributed by atoms with E-state index in [1.807, 2.05) is 54.6 Å². The molecule has 0 radical (unpaired) electrons. The van der Waals surface area contributed by atoms with E-state index >= 15 is 0 Å². The molecular formula is C26H29NO5. The molecule has 6 nitrogen and oxygen atoms in total. The van der Waals surface area contributed by atoms with Crippen LogP contribution in [0, 0.1) is 5.41 Å². The first kappa shape index (κ1) is 23.4. The van der Waals surface area contributed by atoms with Gasteiger partial charge < -0.3 is 14.8 Å². The minimum atomic E-state index is -1.46. The van der Waals surface area contributed by atoms with E-state index in [1.165, 1.54) is 6.92 Å². The maximum Gasteiger partial charge on any atom is 0.322 e. The van der Waals surface area contributed by atoms with E-state index < -0.39 is 23.6 Å². The van der Waals surface area contributed by atoms with Gasteiger partial charge in [-0.1, -0.05) is 49.0 Å². The molecule has 0 bridgehead atoms. The van der Waals surface area contributed by atoms with Crippen molar-refractivity contribution in [3.8, 4) is 0 Å². The van der Waals surface area contributed by atoms with Gasteiger partial charge in [0.2, 0.25) is 5.91 Å². The molecule has 2 aromatic rings. The lowest BCUT2D eigenvalue weighted by Crippen LogP contribution is -2.55. The Hall–Kier alpha value is -3.25. The number of esters is 1. The Morgan fingerprint density at radius 2 is 1.75 bits per heavy atom. The third-order valence-corrected chi connectivity index (χ3v) is 5.87. The van der Waals surface area contributed by atoms with Crippen LogP contribution in [0.1, 0.15) is 38.3 Å². The first-order valence-electron chi connectivity index (χ1n) is 10.7. The first-order valence-corrected chi connectivity index (χ1v) is 10.7. The van der Waals surface area contributed by atoms with E-state index in [-0.39, 0.29) is 23.9 Å². The quantitative estimate of drug-likeness (QED) is 0.400. The summed E-state index contributed by atoms with van der Waals surface area (Å²) < 4.78 is 11.6. The Balaban J connectivity index is 1.73. The number of ether oxygens (including phenoxy) is 2. The monoisotopic (exact) mass is 435 g/mol. The van der Waals surface area contributed by atoms with Crippen LogP contribution in [0.4, 0.5) is 5.69 Å². The van der Waals surface area contributed by atoms with Gasteiger partial charge >= 0.3 is 5.97 Å². The van der Waals surface area contributed by atoms with Crippen LogP contribution in [-0.2, 0) is 36.9 Å². The van der Waals surface area contributed by atoms with E-state index in [9.17, 15) is 14.4 Å². The minimum Gasteiger partial charge on any atom is -0.460 e. The molecule has 3 atom stereocenters. The van der Waals surface area contributed by atoms with Crippen LogP contribution in [0.5, 0.6) is 0 Å². The number of hydrogen-bond acceptors (Lipinski definition) is 5. The molecule has 2 aromatic carbocycles. The van der Waals surface area contributed by atoms with Crippen LogP contribution >= 0.6 is 0 Å². The lowest BCUT2D eigenvalue weighted by Gasteiger charge is -2.41. The third kappa shape index (κ3) is 5.14. The van der Waals surface area contributed by atoms with Crippen molar-refractivity contribution >= 4 is 23.3 Å². The van der Waals surface area contributed by atoms with Gasteiger partial charge in [-0.25, -0.2) is 0 Å². The largest absolute Gasteiger partial charge is 0.460 e. The van der Waals surface area contributed by atoms with Gasteiger partial charge in [0, 0.05) is 18.2 Å². The van der Waals surface area contributed by atoms with Crippen molar-refractivity contribution in [2.45, 2.75) is 52.4 Å². The zero-order chi connectivity index (χ0) is 23.3. The Labute approximate surface area is 188 Å². The summed E-state index contributed by atoms with van der Waals surface area (Å²) in [5.74, 6) is -1.07. The predicted octanol–water partition coefficient (Wildman–Crippen LogP) is 4.24. The molecule has 0 spiro atoms. The summed E-state index contributed by atoms with van der Waals surface area (Å²) >= 11 is 0. The Morgan fingerprint density at radius 1 is 1.09 bits per heavy atom. The second kappa shape index (κ2) is 9.92. The highest BCUT2D eigenvalue weighted by atomic mass is 16.5. The van der Waals surface area contributed by atoms with Gasteiger partial charge in [-0.05, 0) is 49.9 Å². The molecule has 1 aliphatic rings. The summed E-state index contributed by atoms with van der Waals surface area (Å²) in [5, 5.41) is 2.73. The standard InChI is InChI=1S/C26H29NO5/c1-17-18(2)32-23(15-12-20-10-13-22(14-11-20)27-19(3)28)26(4,24(17)29)25(30)31-16-21-8-6-5-7-9-21/h5-11,13-14,18,23H,1,12,15-16H2,2-4H3,(H,27,28)/t18-,23+,26-/m1/s1. The van der Waals surface area contributed by atoms with Crippen molar-refractivity contribution in [1.82, 2.24) is 0 Å². The fourth-order valence-corrected chi connectivity index (χ4v) is 3.84. The SMILES string of the molecule is C=C1C(=O)[C@](C)(C(=O)OCc2ccccc2)[C@H](CCc2ccc(NC(C)=O)cc2)O[C@@H]1C. The molecule has 1 fully saturated rings. The number of carbonyl (C=O) groups is 3. The van der Waals surface area contributed by atoms with Crippen LogP contribution in [0.2, 0.25) is 0 Å². The minimum absolute atomic E-state index is 0.0852. The fourth-order valence-electron chi connectivity index (χ4n) is 3.84. The van der Waals surface area contributed by atoms with Crippen LogP contribution in [0.25, 0.3) is 0 Å². The van der Waals surface area contributed by atoms with Crippen molar-refractivity contribution in [2.75, 3.05) is 5.32 Å². The average Bonchev–Trinajstić information content (AvgIpc) is 2.78. The van der Waals surface area contributed by atoms with E-state index in [0.717, 1.165) is 11.1 Å². The summed E-state index contributed by atoms with van der Waals surface area (Å²) in [6.45, 7) is 8.74. The number of benzene rings is 2. The average molecular weight is 436 g/mol. The number of hydrogen-bond donors (Lipinski definition) is 1. The summed E-state index contributed by atoms with van der Waals surface area (Å²) in [4.78, 5) is 37.5. The van der Waals surface area contributed by atoms with Crippen molar-refractivity contribution in [1.29, 1.82) is 0 Å². The number of carbonyl (C=O) groups excluding carboxylic acids is 3. The highest BCUT2D eigenvalue weighted by Crippen LogP contribution is 2.39. The first-order chi connectivity index (χ1) is 15.2. The molecule has 3 rings (SSSR count). The zero-order valence-corrected chi connectivity index (χ0v) is 18.7. The molecule has 0 aromatic heterocycles. The normalized spacial score (nSPS) is 23.0. The Bertz CT molecular complexity index is 999. The van der Waals surface area contributed by atoms with Gasteiger partial charge in [0.15, 0.2) is 11.2 Å². The lowest BCUT2D eigenvalue weighted by atomic mass is 9.72. The molecule has 1 saturated heterocycles. The molecule has 1 N–H and O–H groups in total. The van der Waals surface area contributed by atoms with Crippen molar-refractivity contribution in [2.24, 2.45) is 5.41 Å². The number of amides is 1. The number of anilines is 1. The van der Waals surface area contributed by atoms with E-state index in [1.54, 1.807) is 13.8 Å². The third-order valence-electron chi connectivity index (χ3n) is 5.87. The number of ketones is 1. The highest BCUT2D eigenvalue weighted by Gasteiger charge is 2.54. The molecule has 1 heterocycles. The number of aryl methyl sites for hydroxylation is 1. The Morgan fingerprint density at radius 3 is 2.38 bits per heavy atom. The molecule has 168 valence electrons. The van der Waals surface area contributed by atoms with Gasteiger partial charge in [-0.15, -0.1) is 0 Å². The van der Waals surface area contributed by atoms with Crippen LogP contribution in [-0.4, -0.2) is 29.9 Å². The molecular weight excluding hydrogens is 406 g/mol. The zero-order valence-electron chi connectivity index (χ0n) is 18.7. The van der Waals surface area contributed by atoms with E-state index in [0.29, 0.717) is 18.5 Å². The lowest BCUT2D eigenvalue weighted by molar-refractivity contribution is -0.178. The van der Waals surface area contributed by atoms with Gasteiger partial charge in [-0.3, -0.25) is 14.4 Å². The van der Waals surface area contributed by atoms with E-state index in [2.05, 4.69) is 11.9 Å². The number of nitrogens with one attached hydrogen (secondary N) is 1. The second-order valence-corrected chi connectivity index (χ2v) is 8.30. The molecule has 0 aliphatic carbocycles. The smallest absolute Gasteiger partial charge is 0.322 e. The number of Topliss-reactive ketones (excluding diaryl/α,β-unsaturated/α-hetero) is 1. The van der Waals surface area contributed by atoms with Crippen molar-refractivity contribution in [3.05, 3.63) is 77.9 Å². The maximum absolute atomic E-state index is 13.2. The van der Waals surface area contributed by atoms with Crippen LogP contribution in [0.15, 0.2) is 66.7 Å². The van der Waals surface area contributed by atoms with E-state index in [4.69, 9.17) is 9.47 Å². The van der Waals surface area contributed by atoms with Gasteiger partial charge in [-0.2, -0.15) is 0 Å². The maximum atomic E-state index is 13.2. The summed E-state index contributed by atoms with van der Waals surface area (Å²) in [6.07, 6.45) is -0.0582. The summed E-state index contributed by atoms with van der Waals surface area (Å²) in [6, 6.07) is 16.8. The second-order valence-electron chi connectivity index (χ2n) is 8.30. The Kier molecular flexibility index (Phi) is 7.26. The summed E-state index contributed by atoms with van der Waals surface area (Å²) in [5.41, 5.74) is 1.38. The molecule has 1 amide bonds. The molecule has 0 saturated carbocycles. The molecule has 32 heavy (non-hydrogen) atoms. The topological polar surface area (TPSA) is 81.7 Å². The van der Waals surface area contributed by atoms with Gasteiger partial charge in [0.1, 0.15) is 6.61 Å². The molecule has 6 heteroatoms. The van der Waals surface area contributed by atoms with Crippen molar-refractivity contribution < 1.29 is 23.9 Å². The highest BCUT2D eigenvalue weighted by molar-refractivity contribution is 6.13. The molecule has 0 unspecified atom stereocenters. The molecule has 1 aliphatic heterocycles. The van der Waals surface area contributed by atoms with Gasteiger partial charge in [0.25, 0.3) is 0 Å². The fraction of sp³-hybridized carbons (Fsp3) is 0.346. The summed E-state index contributed by atoms with van der Waals surface area (Å²) in [7, 11) is 0. The van der Waals surface area contributed by atoms with Gasteiger partial charge in [0.05, 0.1) is 12.2 Å². The predicted molar refractivity (Wildman–Crippen MR) is 122 cm³/mol.